The Morgan fingerprint density at radius 2 is 1.79 bits per heavy atom. The van der Waals surface area contributed by atoms with Crippen LogP contribution in [0.5, 0.6) is 5.75 Å². The summed E-state index contributed by atoms with van der Waals surface area (Å²) in [4.78, 5) is 0. The number of hydrogen-bond acceptors (Lipinski definition) is 3. The van der Waals surface area contributed by atoms with Crippen LogP contribution in [0.4, 0.5) is 0 Å². The van der Waals surface area contributed by atoms with E-state index in [1.165, 1.54) is 15.6 Å². The number of thiophene rings is 1. The SMILES string of the molecule is OCc1ccc(OCc2csc3ccccc23)cc1. The molecule has 0 saturated carbocycles. The zero-order chi connectivity index (χ0) is 13.1. The minimum Gasteiger partial charge on any atom is -0.489 e. The van der Waals surface area contributed by atoms with Crippen molar-refractivity contribution in [2.45, 2.75) is 13.2 Å². The molecule has 0 aliphatic carbocycles. The molecule has 19 heavy (non-hydrogen) atoms. The van der Waals surface area contributed by atoms with Gasteiger partial charge in [-0.05, 0) is 34.5 Å². The molecule has 0 bridgehead atoms. The van der Waals surface area contributed by atoms with Crippen molar-refractivity contribution in [2.75, 3.05) is 0 Å². The van der Waals surface area contributed by atoms with Crippen LogP contribution in [0.1, 0.15) is 11.1 Å². The zero-order valence-corrected chi connectivity index (χ0v) is 11.2. The molecular formula is C16H14O2S. The lowest BCUT2D eigenvalue weighted by Crippen LogP contribution is -1.94. The molecule has 0 radical (unpaired) electrons. The van der Waals surface area contributed by atoms with Crippen LogP contribution < -0.4 is 4.74 Å². The second kappa shape index (κ2) is 5.43. The Morgan fingerprint density at radius 1 is 1.00 bits per heavy atom. The quantitative estimate of drug-likeness (QED) is 0.777. The van der Waals surface area contributed by atoms with Gasteiger partial charge in [0.15, 0.2) is 0 Å². The lowest BCUT2D eigenvalue weighted by Gasteiger charge is -2.06. The normalized spacial score (nSPS) is 10.8. The fourth-order valence-electron chi connectivity index (χ4n) is 2.00. The van der Waals surface area contributed by atoms with Crippen molar-refractivity contribution in [2.24, 2.45) is 0 Å². The molecule has 0 aliphatic heterocycles. The van der Waals surface area contributed by atoms with Crippen LogP contribution in [0.3, 0.4) is 0 Å². The van der Waals surface area contributed by atoms with E-state index in [9.17, 15) is 0 Å². The van der Waals surface area contributed by atoms with E-state index < -0.39 is 0 Å². The van der Waals surface area contributed by atoms with Gasteiger partial charge in [0.25, 0.3) is 0 Å². The van der Waals surface area contributed by atoms with Crippen molar-refractivity contribution in [3.8, 4) is 5.75 Å². The zero-order valence-electron chi connectivity index (χ0n) is 10.4. The van der Waals surface area contributed by atoms with Gasteiger partial charge in [0.2, 0.25) is 0 Å². The molecule has 2 aromatic carbocycles. The maximum absolute atomic E-state index is 8.99. The van der Waals surface area contributed by atoms with Crippen molar-refractivity contribution in [1.29, 1.82) is 0 Å². The maximum Gasteiger partial charge on any atom is 0.119 e. The highest BCUT2D eigenvalue weighted by Crippen LogP contribution is 2.26. The molecule has 0 atom stereocenters. The monoisotopic (exact) mass is 270 g/mol. The van der Waals surface area contributed by atoms with Crippen LogP contribution in [0.2, 0.25) is 0 Å². The summed E-state index contributed by atoms with van der Waals surface area (Å²) in [7, 11) is 0. The Morgan fingerprint density at radius 3 is 2.58 bits per heavy atom. The fourth-order valence-corrected chi connectivity index (χ4v) is 2.94. The summed E-state index contributed by atoms with van der Waals surface area (Å²) in [6.45, 7) is 0.637. The van der Waals surface area contributed by atoms with Gasteiger partial charge in [-0.15, -0.1) is 11.3 Å². The third-order valence-corrected chi connectivity index (χ3v) is 4.07. The Kier molecular flexibility index (Phi) is 3.49. The van der Waals surface area contributed by atoms with Crippen LogP contribution in [-0.4, -0.2) is 5.11 Å². The lowest BCUT2D eigenvalue weighted by atomic mass is 10.2. The second-order valence-corrected chi connectivity index (χ2v) is 5.26. The largest absolute Gasteiger partial charge is 0.489 e. The maximum atomic E-state index is 8.99. The molecule has 1 N–H and O–H groups in total. The van der Waals surface area contributed by atoms with E-state index >= 15 is 0 Å². The van der Waals surface area contributed by atoms with Gasteiger partial charge in [0, 0.05) is 10.3 Å². The van der Waals surface area contributed by atoms with Gasteiger partial charge in [0.1, 0.15) is 12.4 Å². The van der Waals surface area contributed by atoms with Crippen molar-refractivity contribution in [1.82, 2.24) is 0 Å². The summed E-state index contributed by atoms with van der Waals surface area (Å²) < 4.78 is 7.07. The molecule has 0 aliphatic rings. The number of benzene rings is 2. The molecule has 3 aromatic rings. The number of rotatable bonds is 4. The van der Waals surface area contributed by atoms with Gasteiger partial charge in [-0.3, -0.25) is 0 Å². The number of aliphatic hydroxyl groups excluding tert-OH is 1. The minimum atomic E-state index is 0.0649. The molecule has 96 valence electrons. The van der Waals surface area contributed by atoms with E-state index in [0.717, 1.165) is 11.3 Å². The van der Waals surface area contributed by atoms with E-state index in [1.54, 1.807) is 11.3 Å². The van der Waals surface area contributed by atoms with Crippen LogP contribution in [-0.2, 0) is 13.2 Å². The third-order valence-electron chi connectivity index (χ3n) is 3.06. The first-order valence-corrected chi connectivity index (χ1v) is 7.02. The first kappa shape index (κ1) is 12.2. The van der Waals surface area contributed by atoms with Crippen LogP contribution >= 0.6 is 11.3 Å². The molecule has 0 unspecified atom stereocenters. The van der Waals surface area contributed by atoms with Gasteiger partial charge in [-0.2, -0.15) is 0 Å². The summed E-state index contributed by atoms with van der Waals surface area (Å²) in [6.07, 6.45) is 0. The Hall–Kier alpha value is -1.84. The predicted molar refractivity (Wildman–Crippen MR) is 78.5 cm³/mol. The molecule has 1 heterocycles. The summed E-state index contributed by atoms with van der Waals surface area (Å²) >= 11 is 1.74. The predicted octanol–water partition coefficient (Wildman–Crippen LogP) is 3.97. The standard InChI is InChI=1S/C16H14O2S/c17-9-12-5-7-14(8-6-12)18-10-13-11-19-16-4-2-1-3-15(13)16/h1-8,11,17H,9-10H2. The third kappa shape index (κ3) is 2.62. The molecule has 3 rings (SSSR count). The Balaban J connectivity index is 1.74. The number of ether oxygens (including phenoxy) is 1. The van der Waals surface area contributed by atoms with Crippen molar-refractivity contribution >= 4 is 21.4 Å². The molecule has 3 heteroatoms. The van der Waals surface area contributed by atoms with Crippen molar-refractivity contribution in [3.63, 3.8) is 0 Å². The van der Waals surface area contributed by atoms with Gasteiger partial charge in [-0.25, -0.2) is 0 Å². The number of aliphatic hydroxyl groups is 1. The summed E-state index contributed by atoms with van der Waals surface area (Å²) in [5, 5.41) is 12.4. The molecular weight excluding hydrogens is 256 g/mol. The van der Waals surface area contributed by atoms with Crippen molar-refractivity contribution < 1.29 is 9.84 Å². The smallest absolute Gasteiger partial charge is 0.119 e. The highest BCUT2D eigenvalue weighted by atomic mass is 32.1. The molecule has 0 spiro atoms. The summed E-state index contributed by atoms with van der Waals surface area (Å²) in [5.41, 5.74) is 2.11. The first-order chi connectivity index (χ1) is 9.36. The van der Waals surface area contributed by atoms with Crippen LogP contribution in [0.15, 0.2) is 53.9 Å². The second-order valence-electron chi connectivity index (χ2n) is 4.35. The molecule has 2 nitrogen and oxygen atoms in total. The minimum absolute atomic E-state index is 0.0649. The lowest BCUT2D eigenvalue weighted by molar-refractivity contribution is 0.281. The average Bonchev–Trinajstić information content (AvgIpc) is 2.89. The highest BCUT2D eigenvalue weighted by molar-refractivity contribution is 7.17. The van der Waals surface area contributed by atoms with Gasteiger partial charge in [-0.1, -0.05) is 30.3 Å². The molecule has 0 amide bonds. The first-order valence-electron chi connectivity index (χ1n) is 6.14. The van der Waals surface area contributed by atoms with E-state index in [1.807, 2.05) is 24.3 Å². The molecule has 0 saturated heterocycles. The van der Waals surface area contributed by atoms with E-state index in [4.69, 9.17) is 9.84 Å². The van der Waals surface area contributed by atoms with Gasteiger partial charge < -0.3 is 9.84 Å². The summed E-state index contributed by atoms with van der Waals surface area (Å²) in [6, 6.07) is 15.9. The van der Waals surface area contributed by atoms with E-state index in [-0.39, 0.29) is 6.61 Å². The highest BCUT2D eigenvalue weighted by Gasteiger charge is 2.04. The van der Waals surface area contributed by atoms with E-state index in [2.05, 4.69) is 29.6 Å². The van der Waals surface area contributed by atoms with Crippen LogP contribution in [0, 0.1) is 0 Å². The number of hydrogen-bond donors (Lipinski definition) is 1. The van der Waals surface area contributed by atoms with Crippen LogP contribution in [0.25, 0.3) is 10.1 Å². The summed E-state index contributed by atoms with van der Waals surface area (Å²) in [5.74, 6) is 0.826. The fraction of sp³-hybridized carbons (Fsp3) is 0.125. The van der Waals surface area contributed by atoms with Gasteiger partial charge in [0.05, 0.1) is 6.61 Å². The van der Waals surface area contributed by atoms with E-state index in [0.29, 0.717) is 6.61 Å². The topological polar surface area (TPSA) is 29.5 Å². The molecule has 0 fully saturated rings. The Labute approximate surface area is 115 Å². The average molecular weight is 270 g/mol. The molecule has 1 aromatic heterocycles. The number of fused-ring (bicyclic) bond motifs is 1. The van der Waals surface area contributed by atoms with Gasteiger partial charge >= 0.3 is 0 Å². The van der Waals surface area contributed by atoms with Crippen molar-refractivity contribution in [3.05, 3.63) is 65.0 Å². The Bertz CT molecular complexity index is 671.